The number of nitrogens with zero attached hydrogens (tertiary/aromatic N) is 2. The summed E-state index contributed by atoms with van der Waals surface area (Å²) in [5.41, 5.74) is 1.22. The molecule has 1 rings (SSSR count). The maximum atomic E-state index is 11.9. The van der Waals surface area contributed by atoms with Gasteiger partial charge in [0, 0.05) is 18.3 Å². The van der Waals surface area contributed by atoms with Gasteiger partial charge in [-0.15, -0.1) is 0 Å². The molecule has 0 radical (unpaired) electrons. The van der Waals surface area contributed by atoms with Gasteiger partial charge in [-0.2, -0.15) is 0 Å². The molecule has 0 fully saturated rings. The van der Waals surface area contributed by atoms with Gasteiger partial charge in [0.15, 0.2) is 5.82 Å². The van der Waals surface area contributed by atoms with Crippen LogP contribution in [-0.2, 0) is 0 Å². The smallest absolute Gasteiger partial charge is 0.206 e. The van der Waals surface area contributed by atoms with Gasteiger partial charge in [-0.25, -0.2) is 9.97 Å². The first-order valence-corrected chi connectivity index (χ1v) is 5.52. The van der Waals surface area contributed by atoms with E-state index in [1.807, 2.05) is 19.9 Å². The van der Waals surface area contributed by atoms with Crippen molar-refractivity contribution < 1.29 is 4.79 Å². The van der Waals surface area contributed by atoms with Gasteiger partial charge in [-0.05, 0) is 18.9 Å². The normalized spacial score (nSPS) is 13.9. The number of rotatable bonds is 4. The maximum absolute atomic E-state index is 11.9. The van der Waals surface area contributed by atoms with Gasteiger partial charge in [0.05, 0.1) is 0 Å². The Morgan fingerprint density at radius 1 is 1.25 bits per heavy atom. The summed E-state index contributed by atoms with van der Waals surface area (Å²) >= 11 is 0. The minimum Gasteiger partial charge on any atom is -0.290 e. The fraction of sp³-hybridized carbons (Fsp3) is 0.462. The third-order valence-corrected chi connectivity index (χ3v) is 2.62. The molecule has 0 unspecified atom stereocenters. The van der Waals surface area contributed by atoms with Gasteiger partial charge < -0.3 is 0 Å². The summed E-state index contributed by atoms with van der Waals surface area (Å²) in [4.78, 5) is 19.9. The Morgan fingerprint density at radius 3 is 2.31 bits per heavy atom. The second-order valence-electron chi connectivity index (χ2n) is 4.29. The van der Waals surface area contributed by atoms with Crippen LogP contribution in [0.3, 0.4) is 0 Å². The van der Waals surface area contributed by atoms with Crippen LogP contribution in [0.15, 0.2) is 30.1 Å². The molecular formula is C13H18N2O. The van der Waals surface area contributed by atoms with Gasteiger partial charge in [0.1, 0.15) is 0 Å². The summed E-state index contributed by atoms with van der Waals surface area (Å²) < 4.78 is 0. The highest BCUT2D eigenvalue weighted by Crippen LogP contribution is 2.14. The summed E-state index contributed by atoms with van der Waals surface area (Å²) in [6, 6.07) is 1.71. The van der Waals surface area contributed by atoms with Crippen molar-refractivity contribution in [1.82, 2.24) is 9.97 Å². The topological polar surface area (TPSA) is 42.9 Å². The highest BCUT2D eigenvalue weighted by atomic mass is 16.1. The predicted octanol–water partition coefficient (Wildman–Crippen LogP) is 2.90. The number of hydrogen-bond acceptors (Lipinski definition) is 3. The number of allylic oxidation sites excluding steroid dienone is 2. The molecule has 86 valence electrons. The van der Waals surface area contributed by atoms with E-state index in [4.69, 9.17) is 0 Å². The Balaban J connectivity index is 2.80. The Hall–Kier alpha value is -1.51. The van der Waals surface area contributed by atoms with Crippen LogP contribution in [0.1, 0.15) is 38.3 Å². The van der Waals surface area contributed by atoms with Crippen molar-refractivity contribution in [3.05, 3.63) is 35.9 Å². The molecule has 1 heterocycles. The SMILES string of the molecule is C/C(=C\[C@H](C)C(=O)c1ncccn1)C(C)C. The van der Waals surface area contributed by atoms with Gasteiger partial charge in [0.25, 0.3) is 0 Å². The van der Waals surface area contributed by atoms with E-state index in [0.29, 0.717) is 11.7 Å². The number of ketones is 1. The lowest BCUT2D eigenvalue weighted by Gasteiger charge is -2.09. The van der Waals surface area contributed by atoms with E-state index in [1.54, 1.807) is 18.5 Å². The second-order valence-corrected chi connectivity index (χ2v) is 4.29. The van der Waals surface area contributed by atoms with Gasteiger partial charge >= 0.3 is 0 Å². The largest absolute Gasteiger partial charge is 0.290 e. The number of Topliss-reactive ketones (excluding diaryl/α,β-unsaturated/α-hetero) is 1. The average Bonchev–Trinajstić information content (AvgIpc) is 2.28. The maximum Gasteiger partial charge on any atom is 0.206 e. The third-order valence-electron chi connectivity index (χ3n) is 2.62. The molecule has 1 atom stereocenters. The number of hydrogen-bond donors (Lipinski definition) is 0. The average molecular weight is 218 g/mol. The van der Waals surface area contributed by atoms with E-state index in [-0.39, 0.29) is 11.7 Å². The minimum absolute atomic E-state index is 0.0272. The zero-order valence-corrected chi connectivity index (χ0v) is 10.3. The quantitative estimate of drug-likeness (QED) is 0.576. The standard InChI is InChI=1S/C13H18N2O/c1-9(2)10(3)8-11(4)12(16)13-14-6-5-7-15-13/h5-9,11H,1-4H3/b10-8+/t11-/m0/s1. The van der Waals surface area contributed by atoms with Crippen LogP contribution in [0.4, 0.5) is 0 Å². The Labute approximate surface area is 96.6 Å². The van der Waals surface area contributed by atoms with E-state index in [1.165, 1.54) is 5.57 Å². The molecule has 0 aliphatic carbocycles. The van der Waals surface area contributed by atoms with Crippen molar-refractivity contribution in [2.75, 3.05) is 0 Å². The lowest BCUT2D eigenvalue weighted by Crippen LogP contribution is -2.13. The molecule has 0 amide bonds. The van der Waals surface area contributed by atoms with E-state index < -0.39 is 0 Å². The van der Waals surface area contributed by atoms with Gasteiger partial charge in [0.2, 0.25) is 5.78 Å². The minimum atomic E-state index is -0.162. The Morgan fingerprint density at radius 2 is 1.81 bits per heavy atom. The fourth-order valence-electron chi connectivity index (χ4n) is 1.29. The zero-order valence-electron chi connectivity index (χ0n) is 10.3. The fourth-order valence-corrected chi connectivity index (χ4v) is 1.29. The van der Waals surface area contributed by atoms with Crippen LogP contribution in [-0.4, -0.2) is 15.8 Å². The molecule has 0 spiro atoms. The first-order valence-electron chi connectivity index (χ1n) is 5.52. The van der Waals surface area contributed by atoms with E-state index in [2.05, 4.69) is 23.8 Å². The lowest BCUT2D eigenvalue weighted by molar-refractivity contribution is 0.0942. The van der Waals surface area contributed by atoms with Crippen molar-refractivity contribution in [2.45, 2.75) is 27.7 Å². The first-order chi connectivity index (χ1) is 7.52. The molecule has 3 heteroatoms. The molecule has 16 heavy (non-hydrogen) atoms. The van der Waals surface area contributed by atoms with Crippen molar-refractivity contribution in [3.63, 3.8) is 0 Å². The summed E-state index contributed by atoms with van der Waals surface area (Å²) in [6.45, 7) is 8.15. The zero-order chi connectivity index (χ0) is 12.1. The van der Waals surface area contributed by atoms with Crippen LogP contribution in [0.2, 0.25) is 0 Å². The van der Waals surface area contributed by atoms with Crippen LogP contribution < -0.4 is 0 Å². The Kier molecular flexibility index (Phi) is 4.35. The molecule has 0 aliphatic rings. The van der Waals surface area contributed by atoms with Crippen LogP contribution in [0.25, 0.3) is 0 Å². The lowest BCUT2D eigenvalue weighted by atomic mass is 9.97. The number of aromatic nitrogens is 2. The molecule has 0 N–H and O–H groups in total. The van der Waals surface area contributed by atoms with Crippen LogP contribution in [0.5, 0.6) is 0 Å². The van der Waals surface area contributed by atoms with E-state index in [0.717, 1.165) is 0 Å². The molecule has 0 aromatic carbocycles. The summed E-state index contributed by atoms with van der Waals surface area (Å²) in [5, 5.41) is 0. The summed E-state index contributed by atoms with van der Waals surface area (Å²) in [7, 11) is 0. The molecule has 0 bridgehead atoms. The summed E-state index contributed by atoms with van der Waals surface area (Å²) in [6.07, 6.45) is 5.17. The number of carbonyl (C=O) groups is 1. The van der Waals surface area contributed by atoms with Crippen LogP contribution in [0, 0.1) is 11.8 Å². The predicted molar refractivity (Wildman–Crippen MR) is 64.1 cm³/mol. The molecule has 0 saturated heterocycles. The Bertz CT molecular complexity index is 382. The summed E-state index contributed by atoms with van der Waals surface area (Å²) in [5.74, 6) is 0.570. The molecule has 0 aliphatic heterocycles. The highest BCUT2D eigenvalue weighted by molar-refractivity contribution is 5.95. The van der Waals surface area contributed by atoms with Crippen LogP contribution >= 0.6 is 0 Å². The van der Waals surface area contributed by atoms with Crippen molar-refractivity contribution in [1.29, 1.82) is 0 Å². The first kappa shape index (κ1) is 12.6. The monoisotopic (exact) mass is 218 g/mol. The molecule has 1 aromatic heterocycles. The molecule has 0 saturated carbocycles. The van der Waals surface area contributed by atoms with E-state index >= 15 is 0 Å². The molecule has 3 nitrogen and oxygen atoms in total. The van der Waals surface area contributed by atoms with Crippen molar-refractivity contribution in [3.8, 4) is 0 Å². The molecule has 1 aromatic rings. The van der Waals surface area contributed by atoms with Crippen molar-refractivity contribution in [2.24, 2.45) is 11.8 Å². The second kappa shape index (κ2) is 5.54. The number of carbonyl (C=O) groups excluding carboxylic acids is 1. The highest BCUT2D eigenvalue weighted by Gasteiger charge is 2.15. The third kappa shape index (κ3) is 3.26. The van der Waals surface area contributed by atoms with Crippen molar-refractivity contribution >= 4 is 5.78 Å². The van der Waals surface area contributed by atoms with Gasteiger partial charge in [-0.1, -0.05) is 32.4 Å². The van der Waals surface area contributed by atoms with E-state index in [9.17, 15) is 4.79 Å². The molecular weight excluding hydrogens is 200 g/mol. The van der Waals surface area contributed by atoms with Gasteiger partial charge in [-0.3, -0.25) is 4.79 Å².